The standard InChI is InChI=1S/C44H34N8O18S3/c1-68-35-13-7-25(71(59,60)61)19-31(35)49-51-40-34(54)12-10-30(42(40)55)48-50-32-20-26(72(62,63)64)14-23-17-38(73(65,66)67)41(43(56)39(23)32)52-47-29-9-5-22(16-37(29)70-3)21-4-8-28(36(15-21)69-2)46-45-24-6-11-33(53)27(18-24)44(57)58/h4-20,46-47,49-50H,1-3H3,(H,57,58)(H,59,60,61)(H,62,63,64)(H,65,66,67). The monoisotopic (exact) mass is 1060 g/mol. The molecule has 0 bridgehead atoms. The van der Waals surface area contributed by atoms with E-state index in [0.717, 1.165) is 42.5 Å². The summed E-state index contributed by atoms with van der Waals surface area (Å²) in [5, 5.41) is 23.7. The molecule has 0 spiro atoms. The number of ether oxygens (including phenoxy) is 3. The molecule has 2 aliphatic rings. The molecular formula is C44H34N8O18S3. The van der Waals surface area contributed by atoms with E-state index in [1.165, 1.54) is 39.5 Å². The van der Waals surface area contributed by atoms with Gasteiger partial charge in [0.1, 0.15) is 33.1 Å². The summed E-state index contributed by atoms with van der Waals surface area (Å²) in [4.78, 5) is 61.2. The lowest BCUT2D eigenvalue weighted by atomic mass is 9.93. The van der Waals surface area contributed by atoms with Crippen molar-refractivity contribution in [3.05, 3.63) is 150 Å². The molecule has 0 heterocycles. The number of carboxylic acids is 1. The van der Waals surface area contributed by atoms with E-state index >= 15 is 0 Å². The third-order valence-corrected chi connectivity index (χ3v) is 12.9. The Bertz CT molecular complexity index is 3970. The number of carbonyl (C=O) groups excluding carboxylic acids is 2. The maximum absolute atomic E-state index is 14.3. The smallest absolute Gasteiger partial charge is 0.339 e. The second-order valence-electron chi connectivity index (χ2n) is 14.9. The molecule has 26 nitrogen and oxygen atoms in total. The van der Waals surface area contributed by atoms with Gasteiger partial charge in [-0.2, -0.15) is 45.7 Å². The van der Waals surface area contributed by atoms with Gasteiger partial charge in [0.2, 0.25) is 16.6 Å². The van der Waals surface area contributed by atoms with Crippen molar-refractivity contribution in [2.75, 3.05) is 43.0 Å². The first-order valence-electron chi connectivity index (χ1n) is 20.1. The molecule has 0 saturated heterocycles. The highest BCUT2D eigenvalue weighted by Crippen LogP contribution is 2.37. The second-order valence-corrected chi connectivity index (χ2v) is 19.1. The van der Waals surface area contributed by atoms with Gasteiger partial charge in [0.25, 0.3) is 30.4 Å². The zero-order chi connectivity index (χ0) is 53.2. The summed E-state index contributed by atoms with van der Waals surface area (Å²) in [6.07, 6.45) is 4.18. The van der Waals surface area contributed by atoms with Gasteiger partial charge in [0.15, 0.2) is 16.9 Å². The Morgan fingerprint density at radius 1 is 0.562 bits per heavy atom. The van der Waals surface area contributed by atoms with Crippen molar-refractivity contribution in [1.29, 1.82) is 0 Å². The van der Waals surface area contributed by atoms with Gasteiger partial charge in [-0.25, -0.2) is 4.79 Å². The van der Waals surface area contributed by atoms with Crippen molar-refractivity contribution in [1.82, 2.24) is 0 Å². The SMILES string of the molecule is COc1cc(-c2ccc(NN=C3C(=O)c4c(cc(S(=O)(=O)O)cc4NN=c4ccc(=O)c(=NNc5cc(S(=O)(=O)O)ccc5OC)c4=O)C=C3S(=O)(=O)O)c(OC)c2)ccc1NN=C1C=CC(=O)C(C(=O)O)=C1. The van der Waals surface area contributed by atoms with Crippen LogP contribution >= 0.6 is 0 Å². The predicted molar refractivity (Wildman–Crippen MR) is 260 cm³/mol. The van der Waals surface area contributed by atoms with Gasteiger partial charge in [0.05, 0.1) is 65.1 Å². The normalized spacial score (nSPS) is 15.4. The molecule has 5 aromatic rings. The number of methoxy groups -OCH3 is 3. The van der Waals surface area contributed by atoms with Gasteiger partial charge in [0, 0.05) is 0 Å². The van der Waals surface area contributed by atoms with E-state index in [1.54, 1.807) is 24.3 Å². The first-order chi connectivity index (χ1) is 34.4. The van der Waals surface area contributed by atoms with Gasteiger partial charge in [-0.1, -0.05) is 12.1 Å². The van der Waals surface area contributed by atoms with E-state index in [0.29, 0.717) is 35.0 Å². The topological polar surface area (TPSA) is 394 Å². The highest BCUT2D eigenvalue weighted by Gasteiger charge is 2.36. The first-order valence-corrected chi connectivity index (χ1v) is 24.4. The number of fused-ring (bicyclic) bond motifs is 1. The molecule has 0 amide bonds. The summed E-state index contributed by atoms with van der Waals surface area (Å²) in [6.45, 7) is 0. The molecule has 0 aliphatic heterocycles. The summed E-state index contributed by atoms with van der Waals surface area (Å²) < 4.78 is 120. The van der Waals surface area contributed by atoms with Gasteiger partial charge in [-0.05, 0) is 108 Å². The number of aliphatic carboxylic acids is 1. The Balaban J connectivity index is 1.22. The van der Waals surface area contributed by atoms with Crippen molar-refractivity contribution >= 4 is 88.1 Å². The molecule has 8 N–H and O–H groups in total. The minimum atomic E-state index is -5.34. The fraction of sp³-hybridized carbons (Fsp3) is 0.0682. The number of carbonyl (C=O) groups is 3. The average Bonchev–Trinajstić information content (AvgIpc) is 3.34. The number of nitrogens with one attached hydrogen (secondary N) is 4. The van der Waals surface area contributed by atoms with Crippen LogP contribution in [0.3, 0.4) is 0 Å². The molecule has 0 radical (unpaired) electrons. The summed E-state index contributed by atoms with van der Waals surface area (Å²) >= 11 is 0. The lowest BCUT2D eigenvalue weighted by molar-refractivity contribution is -0.134. The van der Waals surface area contributed by atoms with Crippen LogP contribution in [0.25, 0.3) is 17.2 Å². The van der Waals surface area contributed by atoms with Crippen molar-refractivity contribution in [2.45, 2.75) is 9.79 Å². The van der Waals surface area contributed by atoms with Crippen LogP contribution in [0, 0.1) is 0 Å². The van der Waals surface area contributed by atoms with E-state index in [2.05, 4.69) is 42.1 Å². The van der Waals surface area contributed by atoms with Gasteiger partial charge < -0.3 is 19.3 Å². The molecular weight excluding hydrogens is 1020 g/mol. The third kappa shape index (κ3) is 11.3. The average molecular weight is 1060 g/mol. The molecule has 0 saturated carbocycles. The number of ketones is 2. The van der Waals surface area contributed by atoms with E-state index in [9.17, 15) is 68.0 Å². The number of hydrogen-bond acceptors (Lipinski definition) is 22. The Kier molecular flexibility index (Phi) is 14.5. The van der Waals surface area contributed by atoms with Gasteiger partial charge >= 0.3 is 5.97 Å². The molecule has 0 aromatic heterocycles. The van der Waals surface area contributed by atoms with Gasteiger partial charge in [-0.15, -0.1) is 0 Å². The fourth-order valence-corrected chi connectivity index (χ4v) is 8.52. The summed E-state index contributed by atoms with van der Waals surface area (Å²) in [6, 6.07) is 15.7. The van der Waals surface area contributed by atoms with Crippen LogP contribution in [0.4, 0.5) is 22.7 Å². The van der Waals surface area contributed by atoms with Crippen molar-refractivity contribution in [3.63, 3.8) is 0 Å². The van der Waals surface area contributed by atoms with E-state index < -0.39 is 112 Å². The number of allylic oxidation sites excluding steroid dienone is 4. The van der Waals surface area contributed by atoms with Crippen LogP contribution in [0.15, 0.2) is 147 Å². The van der Waals surface area contributed by atoms with E-state index in [4.69, 9.17) is 14.2 Å². The number of anilines is 4. The zero-order valence-electron chi connectivity index (χ0n) is 37.3. The molecule has 2 aliphatic carbocycles. The summed E-state index contributed by atoms with van der Waals surface area (Å²) in [5.41, 5.74) is 6.19. The number of carboxylic acid groups (broad SMARTS) is 1. The lowest BCUT2D eigenvalue weighted by Crippen LogP contribution is -2.48. The molecule has 29 heteroatoms. The molecule has 7 rings (SSSR count). The number of rotatable bonds is 16. The lowest BCUT2D eigenvalue weighted by Gasteiger charge is -2.20. The van der Waals surface area contributed by atoms with Crippen LogP contribution in [0.2, 0.25) is 0 Å². The maximum Gasteiger partial charge on any atom is 0.339 e. The van der Waals surface area contributed by atoms with E-state index in [-0.39, 0.29) is 34.3 Å². The molecule has 0 atom stereocenters. The third-order valence-electron chi connectivity index (χ3n) is 10.3. The van der Waals surface area contributed by atoms with E-state index in [1.807, 2.05) is 0 Å². The van der Waals surface area contributed by atoms with Crippen molar-refractivity contribution < 1.29 is 72.6 Å². The Hall–Kier alpha value is -9.00. The maximum atomic E-state index is 14.3. The predicted octanol–water partition coefficient (Wildman–Crippen LogP) is 2.14. The van der Waals surface area contributed by atoms with Crippen molar-refractivity contribution in [2.24, 2.45) is 20.4 Å². The Labute approximate surface area is 410 Å². The fourth-order valence-electron chi connectivity index (χ4n) is 6.81. The van der Waals surface area contributed by atoms with Crippen LogP contribution in [-0.2, 0) is 39.9 Å². The minimum Gasteiger partial charge on any atom is -0.495 e. The molecule has 73 heavy (non-hydrogen) atoms. The van der Waals surface area contributed by atoms with Crippen LogP contribution < -0.4 is 57.5 Å². The molecule has 376 valence electrons. The van der Waals surface area contributed by atoms with Crippen LogP contribution in [0.1, 0.15) is 15.9 Å². The highest BCUT2D eigenvalue weighted by molar-refractivity contribution is 7.91. The largest absolute Gasteiger partial charge is 0.495 e. The van der Waals surface area contributed by atoms with Crippen LogP contribution in [0.5, 0.6) is 17.2 Å². The summed E-state index contributed by atoms with van der Waals surface area (Å²) in [5.74, 6) is -3.04. The molecule has 5 aromatic carbocycles. The summed E-state index contributed by atoms with van der Waals surface area (Å²) in [7, 11) is -11.3. The number of Topliss-reactive ketones (excluding diaryl/α,β-unsaturated/α-hetero) is 1. The zero-order valence-corrected chi connectivity index (χ0v) is 39.8. The van der Waals surface area contributed by atoms with Crippen molar-refractivity contribution in [3.8, 4) is 28.4 Å². The molecule has 0 fully saturated rings. The number of nitrogens with zero attached hydrogens (tertiary/aromatic N) is 4. The molecule has 0 unspecified atom stereocenters. The number of benzene rings is 5. The second kappa shape index (κ2) is 20.4. The first kappa shape index (κ1) is 51.8. The highest BCUT2D eigenvalue weighted by atomic mass is 32.2. The number of hydrogen-bond donors (Lipinski definition) is 8. The Morgan fingerprint density at radius 2 is 1.14 bits per heavy atom. The quantitative estimate of drug-likeness (QED) is 0.0304. The van der Waals surface area contributed by atoms with Gasteiger partial charge in [-0.3, -0.25) is 54.5 Å². The Morgan fingerprint density at radius 3 is 1.71 bits per heavy atom. The number of hydrazone groups is 2. The van der Waals surface area contributed by atoms with Crippen LogP contribution in [-0.4, -0.2) is 94.3 Å². The minimum absolute atomic E-state index is 0.0233.